The van der Waals surface area contributed by atoms with Gasteiger partial charge in [-0.05, 0) is 39.0 Å². The number of nitrogens with two attached hydrogens (primary N) is 1. The summed E-state index contributed by atoms with van der Waals surface area (Å²) in [5.41, 5.74) is 6.88. The summed E-state index contributed by atoms with van der Waals surface area (Å²) in [5.74, 6) is 0.529. The van der Waals surface area contributed by atoms with E-state index in [4.69, 9.17) is 5.73 Å². The Morgan fingerprint density at radius 3 is 2.70 bits per heavy atom. The van der Waals surface area contributed by atoms with Crippen LogP contribution in [-0.2, 0) is 6.42 Å². The Morgan fingerprint density at radius 1 is 1.27 bits per heavy atom. The molecular formula is C21H24FN5O2S. The van der Waals surface area contributed by atoms with Crippen molar-refractivity contribution in [1.29, 1.82) is 0 Å². The van der Waals surface area contributed by atoms with Crippen LogP contribution in [0.3, 0.4) is 0 Å². The number of aromatic amines is 1. The number of nitrogens with one attached hydrogen (secondary N) is 1. The minimum atomic E-state index is -0.515. The number of thiazole rings is 1. The lowest BCUT2D eigenvalue weighted by Crippen LogP contribution is -2.32. The number of rotatable bonds is 4. The summed E-state index contributed by atoms with van der Waals surface area (Å²) in [4.78, 5) is 33.9. The van der Waals surface area contributed by atoms with Crippen LogP contribution in [0.15, 0.2) is 15.0 Å². The van der Waals surface area contributed by atoms with Gasteiger partial charge in [-0.3, -0.25) is 14.3 Å². The number of hydrogen-bond donors (Lipinski definition) is 2. The molecule has 9 heteroatoms. The molecule has 1 saturated heterocycles. The SMILES string of the molecule is Cc1c(F)c(N2CCC(Cc3nc(N)cs3)C2)c(C)c2c1c(=O)[nH]c(=O)n2C1CC1. The molecule has 0 bridgehead atoms. The highest BCUT2D eigenvalue weighted by atomic mass is 32.1. The molecule has 3 aromatic rings. The van der Waals surface area contributed by atoms with Crippen LogP contribution < -0.4 is 21.9 Å². The van der Waals surface area contributed by atoms with Gasteiger partial charge in [-0.1, -0.05) is 0 Å². The Balaban J connectivity index is 1.59. The van der Waals surface area contributed by atoms with E-state index in [1.807, 2.05) is 12.3 Å². The molecule has 3 heterocycles. The number of nitrogens with zero attached hydrogens (tertiary/aromatic N) is 3. The molecule has 7 nitrogen and oxygen atoms in total. The van der Waals surface area contributed by atoms with Crippen LogP contribution in [0, 0.1) is 25.6 Å². The lowest BCUT2D eigenvalue weighted by atomic mass is 10.0. The van der Waals surface area contributed by atoms with Crippen molar-refractivity contribution in [2.24, 2.45) is 5.92 Å². The molecule has 3 N–H and O–H groups in total. The number of halogens is 1. The van der Waals surface area contributed by atoms with E-state index in [0.717, 1.165) is 37.2 Å². The van der Waals surface area contributed by atoms with E-state index in [2.05, 4.69) is 14.9 Å². The zero-order chi connectivity index (χ0) is 21.2. The largest absolute Gasteiger partial charge is 0.383 e. The highest BCUT2D eigenvalue weighted by molar-refractivity contribution is 7.10. The highest BCUT2D eigenvalue weighted by Gasteiger charge is 2.33. The number of aromatic nitrogens is 3. The molecule has 158 valence electrons. The van der Waals surface area contributed by atoms with E-state index in [0.29, 0.717) is 40.6 Å². The fraction of sp³-hybridized carbons (Fsp3) is 0.476. The number of hydrogen-bond acceptors (Lipinski definition) is 6. The van der Waals surface area contributed by atoms with Crippen molar-refractivity contribution in [1.82, 2.24) is 14.5 Å². The lowest BCUT2D eigenvalue weighted by Gasteiger charge is -2.25. The smallest absolute Gasteiger partial charge is 0.329 e. The van der Waals surface area contributed by atoms with E-state index in [9.17, 15) is 9.59 Å². The Hall–Kier alpha value is -2.68. The summed E-state index contributed by atoms with van der Waals surface area (Å²) >= 11 is 1.55. The first kappa shape index (κ1) is 19.3. The Kier molecular flexibility index (Phi) is 4.46. The van der Waals surface area contributed by atoms with Gasteiger partial charge in [0.25, 0.3) is 5.56 Å². The summed E-state index contributed by atoms with van der Waals surface area (Å²) in [7, 11) is 0. The minimum absolute atomic E-state index is 0.0787. The van der Waals surface area contributed by atoms with Gasteiger partial charge < -0.3 is 10.6 Å². The second kappa shape index (κ2) is 6.94. The molecule has 2 aliphatic rings. The van der Waals surface area contributed by atoms with E-state index >= 15 is 4.39 Å². The predicted octanol–water partition coefficient (Wildman–Crippen LogP) is 2.89. The molecule has 0 spiro atoms. The van der Waals surface area contributed by atoms with Gasteiger partial charge in [0.05, 0.1) is 21.6 Å². The van der Waals surface area contributed by atoms with E-state index in [1.54, 1.807) is 22.8 Å². The third-order valence-electron chi connectivity index (χ3n) is 6.31. The molecule has 1 atom stereocenters. The maximum atomic E-state index is 15.5. The maximum absolute atomic E-state index is 15.5. The first-order valence-corrected chi connectivity index (χ1v) is 11.1. The van der Waals surface area contributed by atoms with Crippen molar-refractivity contribution >= 4 is 33.7 Å². The first-order valence-electron chi connectivity index (χ1n) is 10.3. The summed E-state index contributed by atoms with van der Waals surface area (Å²) < 4.78 is 17.2. The van der Waals surface area contributed by atoms with E-state index in [-0.39, 0.29) is 17.2 Å². The predicted molar refractivity (Wildman–Crippen MR) is 117 cm³/mol. The molecule has 5 rings (SSSR count). The number of aryl methyl sites for hydroxylation is 2. The van der Waals surface area contributed by atoms with Crippen LogP contribution in [0.5, 0.6) is 0 Å². The molecule has 2 fully saturated rings. The van der Waals surface area contributed by atoms with Crippen LogP contribution in [0.4, 0.5) is 15.9 Å². The monoisotopic (exact) mass is 429 g/mol. The fourth-order valence-corrected chi connectivity index (χ4v) is 5.55. The third kappa shape index (κ3) is 3.03. The summed E-state index contributed by atoms with van der Waals surface area (Å²) in [6.07, 6.45) is 3.54. The molecule has 2 aromatic heterocycles. The van der Waals surface area contributed by atoms with Crippen molar-refractivity contribution in [2.45, 2.75) is 45.6 Å². The van der Waals surface area contributed by atoms with Crippen LogP contribution >= 0.6 is 11.3 Å². The van der Waals surface area contributed by atoms with Crippen LogP contribution in [0.25, 0.3) is 10.9 Å². The van der Waals surface area contributed by atoms with Crippen molar-refractivity contribution in [3.8, 4) is 0 Å². The van der Waals surface area contributed by atoms with Crippen molar-refractivity contribution in [3.63, 3.8) is 0 Å². The zero-order valence-corrected chi connectivity index (χ0v) is 17.8. The summed E-state index contributed by atoms with van der Waals surface area (Å²) in [6, 6.07) is 0.0787. The van der Waals surface area contributed by atoms with Crippen molar-refractivity contribution < 1.29 is 4.39 Å². The number of benzene rings is 1. The number of H-pyrrole nitrogens is 1. The number of nitrogen functional groups attached to an aromatic ring is 1. The normalized spacial score (nSPS) is 19.2. The quantitative estimate of drug-likeness (QED) is 0.665. The van der Waals surface area contributed by atoms with Gasteiger partial charge in [-0.25, -0.2) is 14.2 Å². The topological polar surface area (TPSA) is 97.0 Å². The molecule has 1 aliphatic carbocycles. The Morgan fingerprint density at radius 2 is 2.03 bits per heavy atom. The molecule has 0 amide bonds. The molecular weight excluding hydrogens is 405 g/mol. The first-order chi connectivity index (χ1) is 14.3. The minimum Gasteiger partial charge on any atom is -0.383 e. The standard InChI is InChI=1S/C21H24FN5O2S/c1-10-16-18(27(13-3-4-13)21(29)25-20(16)28)11(2)19(17(10)22)26-6-5-12(8-26)7-15-24-14(23)9-30-15/h9,12-13H,3-8,23H2,1-2H3,(H,25,28,29). The second-order valence-corrected chi connectivity index (χ2v) is 9.41. The second-order valence-electron chi connectivity index (χ2n) is 8.47. The number of fused-ring (bicyclic) bond motifs is 1. The third-order valence-corrected chi connectivity index (χ3v) is 7.20. The van der Waals surface area contributed by atoms with Crippen LogP contribution in [0.2, 0.25) is 0 Å². The summed E-state index contributed by atoms with van der Waals surface area (Å²) in [5, 5.41) is 3.13. The Labute approximate surface area is 176 Å². The van der Waals surface area contributed by atoms with Gasteiger partial charge in [0.2, 0.25) is 0 Å². The van der Waals surface area contributed by atoms with Gasteiger partial charge in [-0.15, -0.1) is 11.3 Å². The molecule has 0 radical (unpaired) electrons. The van der Waals surface area contributed by atoms with Gasteiger partial charge in [-0.2, -0.15) is 0 Å². The van der Waals surface area contributed by atoms with E-state index < -0.39 is 11.2 Å². The molecule has 1 saturated carbocycles. The summed E-state index contributed by atoms with van der Waals surface area (Å²) in [6.45, 7) is 4.89. The number of anilines is 2. The van der Waals surface area contributed by atoms with Crippen LogP contribution in [0.1, 0.15) is 41.4 Å². The van der Waals surface area contributed by atoms with Gasteiger partial charge in [0.15, 0.2) is 5.82 Å². The zero-order valence-electron chi connectivity index (χ0n) is 17.0. The molecule has 1 unspecified atom stereocenters. The van der Waals surface area contributed by atoms with E-state index in [1.165, 1.54) is 0 Å². The lowest BCUT2D eigenvalue weighted by molar-refractivity contribution is 0.581. The van der Waals surface area contributed by atoms with Crippen LogP contribution in [-0.4, -0.2) is 27.6 Å². The average molecular weight is 430 g/mol. The fourth-order valence-electron chi connectivity index (χ4n) is 4.75. The van der Waals surface area contributed by atoms with Gasteiger partial charge >= 0.3 is 5.69 Å². The Bertz CT molecular complexity index is 1270. The average Bonchev–Trinajstić information content (AvgIpc) is 3.29. The van der Waals surface area contributed by atoms with Crippen molar-refractivity contribution in [2.75, 3.05) is 23.7 Å². The van der Waals surface area contributed by atoms with Gasteiger partial charge in [0, 0.05) is 42.1 Å². The van der Waals surface area contributed by atoms with Crippen molar-refractivity contribution in [3.05, 3.63) is 48.2 Å². The molecule has 1 aromatic carbocycles. The maximum Gasteiger partial charge on any atom is 0.329 e. The molecule has 1 aliphatic heterocycles. The molecule has 30 heavy (non-hydrogen) atoms. The highest BCUT2D eigenvalue weighted by Crippen LogP contribution is 2.40. The van der Waals surface area contributed by atoms with Gasteiger partial charge in [0.1, 0.15) is 5.82 Å².